The highest BCUT2D eigenvalue weighted by atomic mass is 16.2. The monoisotopic (exact) mass is 469 g/mol. The Balaban J connectivity index is 1.13. The average molecular weight is 470 g/mol. The van der Waals surface area contributed by atoms with Gasteiger partial charge in [0, 0.05) is 50.9 Å². The molecule has 0 radical (unpaired) electrons. The fourth-order valence-corrected chi connectivity index (χ4v) is 6.16. The molecule has 1 aromatic heterocycles. The van der Waals surface area contributed by atoms with Crippen molar-refractivity contribution in [1.82, 2.24) is 20.0 Å². The van der Waals surface area contributed by atoms with E-state index in [9.17, 15) is 4.79 Å². The number of fused-ring (bicyclic) bond motifs is 1. The maximum absolute atomic E-state index is 13.5. The number of H-pyrrole nitrogens is 1. The van der Waals surface area contributed by atoms with Gasteiger partial charge in [0.25, 0.3) is 5.91 Å². The minimum atomic E-state index is 0.108. The maximum Gasteiger partial charge on any atom is 0.257 e. The molecule has 182 valence electrons. The van der Waals surface area contributed by atoms with Crippen molar-refractivity contribution in [3.63, 3.8) is 0 Å². The minimum absolute atomic E-state index is 0.108. The number of para-hydroxylation sites is 1. The minimum Gasteiger partial charge on any atom is -0.371 e. The summed E-state index contributed by atoms with van der Waals surface area (Å²) in [7, 11) is 0. The Morgan fingerprint density at radius 2 is 1.74 bits per heavy atom. The van der Waals surface area contributed by atoms with Crippen LogP contribution in [0.5, 0.6) is 0 Å². The van der Waals surface area contributed by atoms with Crippen molar-refractivity contribution in [2.45, 2.75) is 51.1 Å². The lowest BCUT2D eigenvalue weighted by molar-refractivity contribution is 0.0733. The zero-order valence-corrected chi connectivity index (χ0v) is 20.5. The van der Waals surface area contributed by atoms with E-state index >= 15 is 0 Å². The van der Waals surface area contributed by atoms with Gasteiger partial charge in [0.05, 0.1) is 17.5 Å². The van der Waals surface area contributed by atoms with Gasteiger partial charge in [-0.3, -0.25) is 14.8 Å². The molecule has 0 aliphatic carbocycles. The van der Waals surface area contributed by atoms with E-state index in [2.05, 4.69) is 68.5 Å². The SMILES string of the molecule is O=C(c1cn[nH]c1[C@@H]1CCN(Cc2ccccc2N2CCCCC2)C1)N1CCc2ccccc2C1. The lowest BCUT2D eigenvalue weighted by atomic mass is 9.97. The van der Waals surface area contributed by atoms with Crippen LogP contribution in [0.25, 0.3) is 0 Å². The van der Waals surface area contributed by atoms with E-state index in [-0.39, 0.29) is 5.91 Å². The van der Waals surface area contributed by atoms with Gasteiger partial charge in [-0.2, -0.15) is 5.10 Å². The van der Waals surface area contributed by atoms with E-state index in [1.807, 2.05) is 4.90 Å². The van der Waals surface area contributed by atoms with Gasteiger partial charge in [-0.25, -0.2) is 0 Å². The highest BCUT2D eigenvalue weighted by Crippen LogP contribution is 2.32. The van der Waals surface area contributed by atoms with Gasteiger partial charge in [-0.05, 0) is 61.4 Å². The first kappa shape index (κ1) is 22.4. The van der Waals surface area contributed by atoms with E-state index in [1.54, 1.807) is 6.20 Å². The number of benzene rings is 2. The number of hydrogen-bond donors (Lipinski definition) is 1. The third kappa shape index (κ3) is 4.59. The topological polar surface area (TPSA) is 55.5 Å². The summed E-state index contributed by atoms with van der Waals surface area (Å²) in [4.78, 5) is 20.6. The molecule has 1 atom stereocenters. The molecule has 2 aromatic carbocycles. The van der Waals surface area contributed by atoms with Gasteiger partial charge in [0.1, 0.15) is 0 Å². The van der Waals surface area contributed by atoms with E-state index in [4.69, 9.17) is 0 Å². The van der Waals surface area contributed by atoms with Gasteiger partial charge >= 0.3 is 0 Å². The van der Waals surface area contributed by atoms with Gasteiger partial charge in [0.2, 0.25) is 0 Å². The number of rotatable bonds is 5. The van der Waals surface area contributed by atoms with Crippen LogP contribution < -0.4 is 4.90 Å². The van der Waals surface area contributed by atoms with Crippen molar-refractivity contribution in [2.24, 2.45) is 0 Å². The molecule has 0 bridgehead atoms. The standard InChI is InChI=1S/C29H35N5O/c35-29(34-17-13-22-8-2-3-9-23(22)21-34)26-18-30-31-28(26)25-12-16-32(20-25)19-24-10-4-5-11-27(24)33-14-6-1-7-15-33/h2-5,8-11,18,25H,1,6-7,12-17,19-21H2,(H,30,31)/t25-/m1/s1. The molecule has 1 N–H and O–H groups in total. The summed E-state index contributed by atoms with van der Waals surface area (Å²) in [6, 6.07) is 17.4. The molecule has 6 rings (SSSR count). The van der Waals surface area contributed by atoms with Gasteiger partial charge in [0.15, 0.2) is 0 Å². The van der Waals surface area contributed by atoms with Crippen LogP contribution in [0.2, 0.25) is 0 Å². The Hall–Kier alpha value is -3.12. The molecule has 4 heterocycles. The van der Waals surface area contributed by atoms with Crippen LogP contribution in [0.15, 0.2) is 54.7 Å². The molecule has 0 spiro atoms. The van der Waals surface area contributed by atoms with Crippen LogP contribution in [0.1, 0.15) is 64.3 Å². The van der Waals surface area contributed by atoms with Crippen LogP contribution in [-0.2, 0) is 19.5 Å². The average Bonchev–Trinajstić information content (AvgIpc) is 3.58. The van der Waals surface area contributed by atoms with Gasteiger partial charge in [-0.15, -0.1) is 0 Å². The molecular weight excluding hydrogens is 434 g/mol. The molecule has 35 heavy (non-hydrogen) atoms. The summed E-state index contributed by atoms with van der Waals surface area (Å²) >= 11 is 0. The fourth-order valence-electron chi connectivity index (χ4n) is 6.16. The summed E-state index contributed by atoms with van der Waals surface area (Å²) in [6.07, 6.45) is 7.65. The normalized spacial score (nSPS) is 20.7. The smallest absolute Gasteiger partial charge is 0.257 e. The predicted octanol–water partition coefficient (Wildman–Crippen LogP) is 4.59. The fraction of sp³-hybridized carbons (Fsp3) is 0.448. The quantitative estimate of drug-likeness (QED) is 0.594. The van der Waals surface area contributed by atoms with Crippen molar-refractivity contribution in [3.8, 4) is 0 Å². The van der Waals surface area contributed by atoms with Crippen molar-refractivity contribution < 1.29 is 4.79 Å². The predicted molar refractivity (Wildman–Crippen MR) is 139 cm³/mol. The Morgan fingerprint density at radius 1 is 0.943 bits per heavy atom. The van der Waals surface area contributed by atoms with Gasteiger partial charge < -0.3 is 9.80 Å². The summed E-state index contributed by atoms with van der Waals surface area (Å²) in [5.74, 6) is 0.424. The molecule has 6 heteroatoms. The van der Waals surface area contributed by atoms with Gasteiger partial charge in [-0.1, -0.05) is 42.5 Å². The molecule has 3 aliphatic heterocycles. The number of nitrogens with zero attached hydrogens (tertiary/aromatic N) is 4. The highest BCUT2D eigenvalue weighted by molar-refractivity contribution is 5.95. The van der Waals surface area contributed by atoms with Crippen molar-refractivity contribution >= 4 is 11.6 Å². The molecular formula is C29H35N5O. The van der Waals surface area contributed by atoms with Crippen LogP contribution in [0, 0.1) is 0 Å². The summed E-state index contributed by atoms with van der Waals surface area (Å²) < 4.78 is 0. The molecule has 3 aromatic rings. The first-order chi connectivity index (χ1) is 17.3. The Kier molecular flexibility index (Phi) is 6.30. The Morgan fingerprint density at radius 3 is 2.63 bits per heavy atom. The molecule has 3 aliphatic rings. The third-order valence-electron chi connectivity index (χ3n) is 8.08. The first-order valence-electron chi connectivity index (χ1n) is 13.2. The second-order valence-corrected chi connectivity index (χ2v) is 10.3. The number of aromatic amines is 1. The molecule has 0 unspecified atom stereocenters. The van der Waals surface area contributed by atoms with E-state index < -0.39 is 0 Å². The summed E-state index contributed by atoms with van der Waals surface area (Å²) in [6.45, 7) is 6.75. The number of carbonyl (C=O) groups excluding carboxylic acids is 1. The summed E-state index contributed by atoms with van der Waals surface area (Å²) in [5.41, 5.74) is 7.21. The molecule has 6 nitrogen and oxygen atoms in total. The zero-order chi connectivity index (χ0) is 23.6. The van der Waals surface area contributed by atoms with E-state index in [1.165, 1.54) is 54.7 Å². The number of amides is 1. The van der Waals surface area contributed by atoms with Crippen molar-refractivity contribution in [2.75, 3.05) is 37.6 Å². The van der Waals surface area contributed by atoms with Crippen LogP contribution >= 0.6 is 0 Å². The Bertz CT molecular complexity index is 1180. The zero-order valence-electron chi connectivity index (χ0n) is 20.5. The second-order valence-electron chi connectivity index (χ2n) is 10.3. The number of carbonyl (C=O) groups is 1. The van der Waals surface area contributed by atoms with E-state index in [0.717, 1.165) is 50.3 Å². The van der Waals surface area contributed by atoms with Crippen molar-refractivity contribution in [1.29, 1.82) is 0 Å². The number of nitrogens with one attached hydrogen (secondary N) is 1. The molecule has 1 amide bonds. The number of piperidine rings is 1. The first-order valence-corrected chi connectivity index (χ1v) is 13.2. The summed E-state index contributed by atoms with van der Waals surface area (Å²) in [5, 5.41) is 7.52. The maximum atomic E-state index is 13.5. The molecule has 2 saturated heterocycles. The number of hydrogen-bond acceptors (Lipinski definition) is 4. The molecule has 0 saturated carbocycles. The number of likely N-dealkylation sites (tertiary alicyclic amines) is 1. The van der Waals surface area contributed by atoms with Crippen molar-refractivity contribution in [3.05, 3.63) is 82.7 Å². The highest BCUT2D eigenvalue weighted by Gasteiger charge is 2.31. The number of anilines is 1. The second kappa shape index (κ2) is 9.86. The molecule has 2 fully saturated rings. The van der Waals surface area contributed by atoms with E-state index in [0.29, 0.717) is 12.5 Å². The van der Waals surface area contributed by atoms with Crippen LogP contribution in [0.3, 0.4) is 0 Å². The number of aromatic nitrogens is 2. The lowest BCUT2D eigenvalue weighted by Gasteiger charge is -2.31. The van der Waals surface area contributed by atoms with Crippen LogP contribution in [0.4, 0.5) is 5.69 Å². The largest absolute Gasteiger partial charge is 0.371 e. The third-order valence-corrected chi connectivity index (χ3v) is 8.08. The lowest BCUT2D eigenvalue weighted by Crippen LogP contribution is -2.36. The van der Waals surface area contributed by atoms with Crippen LogP contribution in [-0.4, -0.2) is 58.6 Å². The Labute approximate surface area is 207 Å².